The van der Waals surface area contributed by atoms with Gasteiger partial charge >= 0.3 is 5.97 Å². The van der Waals surface area contributed by atoms with Crippen molar-refractivity contribution in [2.24, 2.45) is 0 Å². The number of carboxylic acid groups (broad SMARTS) is 1. The van der Waals surface area contributed by atoms with E-state index >= 15 is 0 Å². The van der Waals surface area contributed by atoms with Crippen LogP contribution in [0.5, 0.6) is 0 Å². The maximum absolute atomic E-state index is 10.8. The fourth-order valence-corrected chi connectivity index (χ4v) is 2.32. The van der Waals surface area contributed by atoms with E-state index < -0.39 is 5.97 Å². The Labute approximate surface area is 105 Å². The van der Waals surface area contributed by atoms with Crippen molar-refractivity contribution >= 4 is 17.3 Å². The molecule has 0 aliphatic heterocycles. The van der Waals surface area contributed by atoms with Crippen LogP contribution >= 0.6 is 11.3 Å². The van der Waals surface area contributed by atoms with Crippen LogP contribution in [0.4, 0.5) is 0 Å². The number of nitrogens with one attached hydrogen (secondary N) is 1. The summed E-state index contributed by atoms with van der Waals surface area (Å²) in [6.07, 6.45) is 5.01. The van der Waals surface area contributed by atoms with Gasteiger partial charge < -0.3 is 10.4 Å². The maximum Gasteiger partial charge on any atom is 0.331 e. The zero-order valence-corrected chi connectivity index (χ0v) is 11.0. The van der Waals surface area contributed by atoms with Crippen molar-refractivity contribution < 1.29 is 9.90 Å². The zero-order chi connectivity index (χ0) is 12.7. The highest BCUT2D eigenvalue weighted by molar-refractivity contribution is 7.09. The Bertz CT molecular complexity index is 374. The molecule has 0 spiro atoms. The second kappa shape index (κ2) is 7.19. The first-order valence-electron chi connectivity index (χ1n) is 5.74. The quantitative estimate of drug-likeness (QED) is 0.734. The molecule has 0 amide bonds. The molecule has 0 aliphatic carbocycles. The van der Waals surface area contributed by atoms with Crippen molar-refractivity contribution in [3.8, 4) is 0 Å². The molecule has 4 nitrogen and oxygen atoms in total. The van der Waals surface area contributed by atoms with E-state index in [1.54, 1.807) is 23.6 Å². The van der Waals surface area contributed by atoms with Crippen molar-refractivity contribution in [2.45, 2.75) is 32.7 Å². The van der Waals surface area contributed by atoms with Gasteiger partial charge in [-0.1, -0.05) is 19.9 Å². The number of aromatic nitrogens is 1. The minimum Gasteiger partial charge on any atom is -0.478 e. The van der Waals surface area contributed by atoms with Gasteiger partial charge in [0.2, 0.25) is 0 Å². The first kappa shape index (κ1) is 13.9. The molecule has 0 aliphatic rings. The monoisotopic (exact) mass is 254 g/mol. The average Bonchev–Trinajstić information content (AvgIpc) is 2.82. The third-order valence-corrected chi connectivity index (χ3v) is 3.42. The van der Waals surface area contributed by atoms with Crippen LogP contribution in [0.25, 0.3) is 0 Å². The van der Waals surface area contributed by atoms with Crippen molar-refractivity contribution in [1.29, 1.82) is 0 Å². The SMILES string of the molecule is CC/C(=C/CNC(CC)c1nccs1)C(=O)O. The van der Waals surface area contributed by atoms with Crippen molar-refractivity contribution in [3.63, 3.8) is 0 Å². The lowest BCUT2D eigenvalue weighted by Crippen LogP contribution is -2.21. The summed E-state index contributed by atoms with van der Waals surface area (Å²) in [6, 6.07) is 0.207. The van der Waals surface area contributed by atoms with Crippen LogP contribution < -0.4 is 5.32 Å². The van der Waals surface area contributed by atoms with E-state index in [2.05, 4.69) is 17.2 Å². The molecule has 0 aromatic carbocycles. The highest BCUT2D eigenvalue weighted by Crippen LogP contribution is 2.18. The number of hydrogen-bond acceptors (Lipinski definition) is 4. The predicted octanol–water partition coefficient (Wildman–Crippen LogP) is 2.60. The van der Waals surface area contributed by atoms with Crippen LogP contribution in [0.3, 0.4) is 0 Å². The average molecular weight is 254 g/mol. The molecule has 1 aromatic rings. The van der Waals surface area contributed by atoms with Crippen molar-refractivity contribution in [2.75, 3.05) is 6.54 Å². The molecule has 1 unspecified atom stereocenters. The molecule has 2 N–H and O–H groups in total. The van der Waals surface area contributed by atoms with E-state index in [4.69, 9.17) is 5.11 Å². The van der Waals surface area contributed by atoms with Gasteiger partial charge in [-0.2, -0.15) is 0 Å². The Kier molecular flexibility index (Phi) is 5.86. The Hall–Kier alpha value is -1.20. The lowest BCUT2D eigenvalue weighted by Gasteiger charge is -2.12. The summed E-state index contributed by atoms with van der Waals surface area (Å²) >= 11 is 1.62. The molecule has 1 aromatic heterocycles. The van der Waals surface area contributed by atoms with Gasteiger partial charge in [-0.05, 0) is 12.8 Å². The summed E-state index contributed by atoms with van der Waals surface area (Å²) < 4.78 is 0. The molecule has 0 saturated heterocycles. The first-order chi connectivity index (χ1) is 8.19. The maximum atomic E-state index is 10.8. The van der Waals surface area contributed by atoms with Gasteiger partial charge in [0.25, 0.3) is 0 Å². The number of carboxylic acids is 1. The van der Waals surface area contributed by atoms with E-state index in [0.717, 1.165) is 11.4 Å². The van der Waals surface area contributed by atoms with Gasteiger partial charge in [0.1, 0.15) is 5.01 Å². The van der Waals surface area contributed by atoms with E-state index in [1.165, 1.54) is 0 Å². The fraction of sp³-hybridized carbons (Fsp3) is 0.500. The van der Waals surface area contributed by atoms with E-state index in [0.29, 0.717) is 18.5 Å². The molecule has 0 fully saturated rings. The number of hydrogen-bond donors (Lipinski definition) is 2. The highest BCUT2D eigenvalue weighted by Gasteiger charge is 2.10. The van der Waals surface area contributed by atoms with Gasteiger partial charge in [0.05, 0.1) is 6.04 Å². The molecule has 1 rings (SSSR count). The molecular formula is C12H18N2O2S. The van der Waals surface area contributed by atoms with Gasteiger partial charge in [0.15, 0.2) is 0 Å². The minimum absolute atomic E-state index is 0.207. The van der Waals surface area contributed by atoms with Crippen molar-refractivity contribution in [3.05, 3.63) is 28.2 Å². The molecular weight excluding hydrogens is 236 g/mol. The number of aliphatic carboxylic acids is 1. The topological polar surface area (TPSA) is 62.2 Å². The van der Waals surface area contributed by atoms with Crippen LogP contribution in [0.2, 0.25) is 0 Å². The van der Waals surface area contributed by atoms with Crippen LogP contribution in [-0.2, 0) is 4.79 Å². The number of nitrogens with zero attached hydrogens (tertiary/aromatic N) is 1. The number of rotatable bonds is 7. The summed E-state index contributed by atoms with van der Waals surface area (Å²) in [4.78, 5) is 15.1. The Morgan fingerprint density at radius 3 is 2.88 bits per heavy atom. The van der Waals surface area contributed by atoms with E-state index in [-0.39, 0.29) is 6.04 Å². The predicted molar refractivity (Wildman–Crippen MR) is 69.2 cm³/mol. The van der Waals surface area contributed by atoms with E-state index in [9.17, 15) is 4.79 Å². The van der Waals surface area contributed by atoms with Crippen LogP contribution in [0.15, 0.2) is 23.2 Å². The molecule has 0 saturated carbocycles. The lowest BCUT2D eigenvalue weighted by molar-refractivity contribution is -0.132. The first-order valence-corrected chi connectivity index (χ1v) is 6.62. The van der Waals surface area contributed by atoms with Gasteiger partial charge in [-0.3, -0.25) is 0 Å². The second-order valence-corrected chi connectivity index (χ2v) is 4.55. The second-order valence-electron chi connectivity index (χ2n) is 3.63. The van der Waals surface area contributed by atoms with Crippen LogP contribution in [0, 0.1) is 0 Å². The summed E-state index contributed by atoms with van der Waals surface area (Å²) in [6.45, 7) is 4.49. The molecule has 5 heteroatoms. The molecule has 0 bridgehead atoms. The molecule has 0 radical (unpaired) electrons. The Morgan fingerprint density at radius 1 is 1.65 bits per heavy atom. The Balaban J connectivity index is 2.51. The zero-order valence-electron chi connectivity index (χ0n) is 10.1. The normalized spacial score (nSPS) is 13.6. The third-order valence-electron chi connectivity index (χ3n) is 2.53. The van der Waals surface area contributed by atoms with Crippen LogP contribution in [0.1, 0.15) is 37.7 Å². The smallest absolute Gasteiger partial charge is 0.331 e. The Morgan fingerprint density at radius 2 is 2.41 bits per heavy atom. The molecule has 94 valence electrons. The standard InChI is InChI=1S/C12H18N2O2S/c1-3-9(12(15)16)5-6-13-10(4-2)11-14-7-8-17-11/h5,7-8,10,13H,3-4,6H2,1-2H3,(H,15,16)/b9-5-. The van der Waals surface area contributed by atoms with Gasteiger partial charge in [-0.15, -0.1) is 11.3 Å². The van der Waals surface area contributed by atoms with Gasteiger partial charge in [0, 0.05) is 23.7 Å². The molecule has 1 atom stereocenters. The largest absolute Gasteiger partial charge is 0.478 e. The van der Waals surface area contributed by atoms with E-state index in [1.807, 2.05) is 12.3 Å². The molecule has 17 heavy (non-hydrogen) atoms. The summed E-state index contributed by atoms with van der Waals surface area (Å²) in [5, 5.41) is 15.2. The third kappa shape index (κ3) is 4.28. The van der Waals surface area contributed by atoms with Gasteiger partial charge in [-0.25, -0.2) is 9.78 Å². The summed E-state index contributed by atoms with van der Waals surface area (Å²) in [5.74, 6) is -0.836. The summed E-state index contributed by atoms with van der Waals surface area (Å²) in [7, 11) is 0. The fourth-order valence-electron chi connectivity index (χ4n) is 1.52. The minimum atomic E-state index is -0.836. The van der Waals surface area contributed by atoms with Crippen LogP contribution in [-0.4, -0.2) is 22.6 Å². The summed E-state index contributed by atoms with van der Waals surface area (Å²) in [5.41, 5.74) is 0.450. The number of thiazole rings is 1. The molecule has 1 heterocycles. The highest BCUT2D eigenvalue weighted by atomic mass is 32.1. The number of carbonyl (C=O) groups is 1. The van der Waals surface area contributed by atoms with Crippen molar-refractivity contribution in [1.82, 2.24) is 10.3 Å². The lowest BCUT2D eigenvalue weighted by atomic mass is 10.2.